The molecule has 1 unspecified atom stereocenters. The van der Waals surface area contributed by atoms with Crippen molar-refractivity contribution in [2.75, 3.05) is 40.9 Å². The number of quaternary nitrogens is 1. The lowest BCUT2D eigenvalue weighted by Crippen LogP contribution is -2.45. The number of aliphatic hydroxyl groups excluding tert-OH is 3. The van der Waals surface area contributed by atoms with Gasteiger partial charge in [0.2, 0.25) is 5.91 Å². The van der Waals surface area contributed by atoms with Crippen LogP contribution in [0, 0.1) is 11.8 Å². The smallest absolute Gasteiger partial charge is 0.268 e. The molecule has 12 heteroatoms. The second-order valence-corrected chi connectivity index (χ2v) is 17.2. The van der Waals surface area contributed by atoms with Crippen molar-refractivity contribution in [1.29, 1.82) is 0 Å². The van der Waals surface area contributed by atoms with Crippen molar-refractivity contribution >= 4 is 19.5 Å². The molecule has 7 atom stereocenters. The fraction of sp³-hybridized carbons (Fsp3) is 0.805. The van der Waals surface area contributed by atoms with E-state index < -0.39 is 38.8 Å². The molecule has 1 amide bonds. The lowest BCUT2D eigenvalue weighted by molar-refractivity contribution is -0.870. The third-order valence-electron chi connectivity index (χ3n) is 9.73. The fourth-order valence-electron chi connectivity index (χ4n) is 6.36. The molecule has 0 aliphatic heterocycles. The Morgan fingerprint density at radius 1 is 0.906 bits per heavy atom. The van der Waals surface area contributed by atoms with Gasteiger partial charge in [-0.25, -0.2) is 0 Å². The average molecular weight is 771 g/mol. The molecule has 4 N–H and O–H groups in total. The molecule has 1 rings (SSSR count). The lowest BCUT2D eigenvalue weighted by Gasteiger charge is -2.29. The normalized spacial score (nSPS) is 21.2. The number of aliphatic hydroxyl groups is 3. The minimum Gasteiger partial charge on any atom is -0.756 e. The van der Waals surface area contributed by atoms with Crippen LogP contribution in [-0.2, 0) is 23.2 Å². The van der Waals surface area contributed by atoms with Gasteiger partial charge in [-0.15, -0.1) is 0 Å². The molecule has 1 aliphatic rings. The number of ketones is 1. The number of hydrogen-bond donors (Lipinski definition) is 4. The third-order valence-corrected chi connectivity index (χ3v) is 10.7. The number of carbonyl (C=O) groups is 2. The van der Waals surface area contributed by atoms with Crippen LogP contribution in [0.25, 0.3) is 0 Å². The molecule has 11 nitrogen and oxygen atoms in total. The maximum atomic E-state index is 12.9. The van der Waals surface area contributed by atoms with Crippen molar-refractivity contribution in [3.8, 4) is 0 Å². The van der Waals surface area contributed by atoms with E-state index in [1.54, 1.807) is 18.2 Å². The number of allylic oxidation sites excluding steroid dienone is 4. The molecule has 0 aromatic rings. The van der Waals surface area contributed by atoms with E-state index in [0.29, 0.717) is 36.7 Å². The maximum absolute atomic E-state index is 12.9. The summed E-state index contributed by atoms with van der Waals surface area (Å²) < 4.78 is 23.1. The Bertz CT molecular complexity index is 1120. The van der Waals surface area contributed by atoms with Crippen molar-refractivity contribution in [3.63, 3.8) is 0 Å². The van der Waals surface area contributed by atoms with Crippen LogP contribution in [-0.4, -0.2) is 96.7 Å². The number of carbonyl (C=O) groups excluding carboxylic acids is 2. The van der Waals surface area contributed by atoms with Gasteiger partial charge in [-0.3, -0.25) is 14.2 Å². The Balaban J connectivity index is 2.60. The Labute approximate surface area is 321 Å². The highest BCUT2D eigenvalue weighted by atomic mass is 31.2. The molecule has 0 heterocycles. The number of rotatable bonds is 32. The summed E-state index contributed by atoms with van der Waals surface area (Å²) in [5.74, 6) is -0.870. The third kappa shape index (κ3) is 25.2. The lowest BCUT2D eigenvalue weighted by atomic mass is 9.88. The predicted molar refractivity (Wildman–Crippen MR) is 211 cm³/mol. The molecule has 0 aromatic heterocycles. The molecule has 1 fully saturated rings. The number of phosphoric acid groups is 1. The number of likely N-dealkylation sites (N-methyl/N-ethyl adjacent to an activating group) is 1. The van der Waals surface area contributed by atoms with Crippen LogP contribution in [0.15, 0.2) is 36.5 Å². The van der Waals surface area contributed by atoms with Crippen molar-refractivity contribution < 1.29 is 47.9 Å². The summed E-state index contributed by atoms with van der Waals surface area (Å²) in [6, 6.07) is -0.988. The predicted octanol–water partition coefficient (Wildman–Crippen LogP) is 6.70. The van der Waals surface area contributed by atoms with Crippen LogP contribution >= 0.6 is 7.82 Å². The maximum Gasteiger partial charge on any atom is 0.268 e. The van der Waals surface area contributed by atoms with E-state index in [0.717, 1.165) is 51.4 Å². The number of hydrogen-bond acceptors (Lipinski definition) is 9. The van der Waals surface area contributed by atoms with E-state index in [1.807, 2.05) is 27.2 Å². The van der Waals surface area contributed by atoms with Gasteiger partial charge in [-0.05, 0) is 50.9 Å². The van der Waals surface area contributed by atoms with Gasteiger partial charge in [0.25, 0.3) is 7.82 Å². The number of amides is 1. The average Bonchev–Trinajstić information content (AvgIpc) is 3.36. The molecule has 53 heavy (non-hydrogen) atoms. The zero-order chi connectivity index (χ0) is 39.5. The Kier molecular flexibility index (Phi) is 26.7. The zero-order valence-electron chi connectivity index (χ0n) is 33.7. The van der Waals surface area contributed by atoms with Crippen LogP contribution in [0.4, 0.5) is 0 Å². The first kappa shape index (κ1) is 49.3. The highest BCUT2D eigenvalue weighted by molar-refractivity contribution is 7.45. The van der Waals surface area contributed by atoms with E-state index >= 15 is 0 Å². The topological polar surface area (TPSA) is 165 Å². The number of nitrogens with zero attached hydrogens (tertiary/aromatic N) is 1. The Morgan fingerprint density at radius 3 is 2.26 bits per heavy atom. The summed E-state index contributed by atoms with van der Waals surface area (Å²) in [6.45, 7) is 4.26. The monoisotopic (exact) mass is 771 g/mol. The summed E-state index contributed by atoms with van der Waals surface area (Å²) in [5, 5.41) is 34.4. The first-order valence-corrected chi connectivity index (χ1v) is 21.9. The molecule has 0 bridgehead atoms. The van der Waals surface area contributed by atoms with Gasteiger partial charge in [0.1, 0.15) is 18.9 Å². The summed E-state index contributed by atoms with van der Waals surface area (Å²) in [5.41, 5.74) is 0. The van der Waals surface area contributed by atoms with E-state index in [1.165, 1.54) is 32.1 Å². The standard InChI is InChI=1S/C41H75N2O9P/c1-6-8-10-11-12-13-14-15-16-17-22-26-38(45)37(33-52-53(49,50)51-31-30-43(3,4)5)42-41(48)27-23-19-18-21-25-35-36(40(47)32-39(35)46)29-28-34(44)24-20-9-7-2/h14-15,22,26,28-29,34-39,44-46H,6-13,16-21,23-25,27,30-33H2,1-5H3,(H-,42,48,49,50)/b15-14-,26-22+,29-28+/t34-,35+,36+,37-,38+,39-/m0/s1. The van der Waals surface area contributed by atoms with Gasteiger partial charge in [-0.2, -0.15) is 0 Å². The Morgan fingerprint density at radius 2 is 1.55 bits per heavy atom. The van der Waals surface area contributed by atoms with Crippen LogP contribution < -0.4 is 10.2 Å². The van der Waals surface area contributed by atoms with Crippen molar-refractivity contribution in [3.05, 3.63) is 36.5 Å². The van der Waals surface area contributed by atoms with Gasteiger partial charge in [0.15, 0.2) is 0 Å². The van der Waals surface area contributed by atoms with Crippen molar-refractivity contribution in [1.82, 2.24) is 5.32 Å². The summed E-state index contributed by atoms with van der Waals surface area (Å²) in [6.07, 6.45) is 25.3. The SMILES string of the molecule is CCCCCCC/C=C\CC/C=C/[C@@H](O)[C@H](COP(=O)([O-])OCC[N+](C)(C)C)NC(=O)CCCCCC[C@H]1[C@@H](O)CC(=O)[C@@H]1/C=C/[C@@H](O)CCCCC. The van der Waals surface area contributed by atoms with Crippen molar-refractivity contribution in [2.45, 2.75) is 160 Å². The van der Waals surface area contributed by atoms with Crippen LogP contribution in [0.3, 0.4) is 0 Å². The quantitative estimate of drug-likeness (QED) is 0.0252. The molecule has 0 spiro atoms. The first-order valence-electron chi connectivity index (χ1n) is 20.5. The number of unbranched alkanes of at least 4 members (excludes halogenated alkanes) is 11. The first-order chi connectivity index (χ1) is 25.2. The molecular formula is C41H75N2O9P. The Hall–Kier alpha value is -1.69. The number of nitrogens with one attached hydrogen (secondary N) is 1. The largest absolute Gasteiger partial charge is 0.756 e. The molecule has 308 valence electrons. The van der Waals surface area contributed by atoms with Gasteiger partial charge < -0.3 is 39.1 Å². The second kappa shape index (κ2) is 28.7. The molecule has 1 saturated carbocycles. The van der Waals surface area contributed by atoms with E-state index in [9.17, 15) is 34.4 Å². The zero-order valence-corrected chi connectivity index (χ0v) is 34.6. The minimum absolute atomic E-state index is 0.0103. The van der Waals surface area contributed by atoms with E-state index in [2.05, 4.69) is 31.3 Å². The number of phosphoric ester groups is 1. The second-order valence-electron chi connectivity index (χ2n) is 15.8. The molecule has 1 aliphatic carbocycles. The summed E-state index contributed by atoms with van der Waals surface area (Å²) in [7, 11) is 1.09. The fourth-order valence-corrected chi connectivity index (χ4v) is 7.09. The molecule has 0 aromatic carbocycles. The van der Waals surface area contributed by atoms with Crippen molar-refractivity contribution in [2.24, 2.45) is 11.8 Å². The van der Waals surface area contributed by atoms with Gasteiger partial charge in [0, 0.05) is 18.8 Å². The molecule has 0 saturated heterocycles. The van der Waals surface area contributed by atoms with Gasteiger partial charge in [-0.1, -0.05) is 115 Å². The molecular weight excluding hydrogens is 695 g/mol. The van der Waals surface area contributed by atoms with Crippen LogP contribution in [0.1, 0.15) is 136 Å². The minimum atomic E-state index is -4.66. The summed E-state index contributed by atoms with van der Waals surface area (Å²) >= 11 is 0. The van der Waals surface area contributed by atoms with Crippen LogP contribution in [0.2, 0.25) is 0 Å². The highest BCUT2D eigenvalue weighted by Crippen LogP contribution is 2.38. The molecule has 0 radical (unpaired) electrons. The van der Waals surface area contributed by atoms with Gasteiger partial charge in [0.05, 0.1) is 52.1 Å². The van der Waals surface area contributed by atoms with Gasteiger partial charge >= 0.3 is 0 Å². The van der Waals surface area contributed by atoms with E-state index in [4.69, 9.17) is 9.05 Å². The van der Waals surface area contributed by atoms with E-state index in [-0.39, 0.29) is 43.0 Å². The van der Waals surface area contributed by atoms with Crippen LogP contribution in [0.5, 0.6) is 0 Å². The highest BCUT2D eigenvalue weighted by Gasteiger charge is 2.39. The summed E-state index contributed by atoms with van der Waals surface area (Å²) in [4.78, 5) is 37.9. The number of Topliss-reactive ketones (excluding diaryl/α,β-unsaturated/α-hetero) is 1.